The molecule has 0 saturated heterocycles. The van der Waals surface area contributed by atoms with Gasteiger partial charge in [0.1, 0.15) is 0 Å². The van der Waals surface area contributed by atoms with E-state index in [4.69, 9.17) is 5.73 Å². The van der Waals surface area contributed by atoms with Crippen molar-refractivity contribution >= 4 is 0 Å². The minimum absolute atomic E-state index is 0.273. The van der Waals surface area contributed by atoms with Gasteiger partial charge in [0.05, 0.1) is 0 Å². The number of rotatable bonds is 3. The van der Waals surface area contributed by atoms with E-state index in [1.165, 1.54) is 0 Å². The highest BCUT2D eigenvalue weighted by Crippen LogP contribution is 2.26. The molecule has 2 N–H and O–H groups in total. The highest BCUT2D eigenvalue weighted by Gasteiger charge is 2.25. The quantitative estimate of drug-likeness (QED) is 0.702. The summed E-state index contributed by atoms with van der Waals surface area (Å²) in [4.78, 5) is 0. The van der Waals surface area contributed by atoms with Crippen LogP contribution < -0.4 is 5.73 Å². The first-order valence-electron chi connectivity index (χ1n) is 4.56. The van der Waals surface area contributed by atoms with Crippen LogP contribution in [0.25, 0.3) is 0 Å². The molecule has 0 heterocycles. The Hall–Kier alpha value is -1.08. The second-order valence-electron chi connectivity index (χ2n) is 3.67. The maximum Gasteiger partial charge on any atom is 0.0441 e. The van der Waals surface area contributed by atoms with Gasteiger partial charge in [-0.05, 0) is 18.4 Å². The molecule has 1 unspecified atom stereocenters. The Balaban J connectivity index is 3.00. The average molecular weight is 175 g/mol. The molecule has 0 amide bonds. The summed E-state index contributed by atoms with van der Waals surface area (Å²) in [5.74, 6) is 0.273. The van der Waals surface area contributed by atoms with E-state index in [-0.39, 0.29) is 11.5 Å². The molecule has 1 aromatic carbocycles. The van der Waals surface area contributed by atoms with Crippen molar-refractivity contribution in [3.63, 3.8) is 0 Å². The maximum atomic E-state index is 6.22. The van der Waals surface area contributed by atoms with Gasteiger partial charge in [-0.25, -0.2) is 0 Å². The summed E-state index contributed by atoms with van der Waals surface area (Å²) < 4.78 is 0. The van der Waals surface area contributed by atoms with Crippen molar-refractivity contribution in [1.82, 2.24) is 0 Å². The van der Waals surface area contributed by atoms with Crippen LogP contribution in [0.2, 0.25) is 0 Å². The number of hydrogen-bond acceptors (Lipinski definition) is 1. The molecule has 0 aromatic heterocycles. The Morgan fingerprint density at radius 3 is 2.38 bits per heavy atom. The summed E-state index contributed by atoms with van der Waals surface area (Å²) in [5.41, 5.74) is 7.06. The van der Waals surface area contributed by atoms with E-state index < -0.39 is 0 Å². The first kappa shape index (κ1) is 10.0. The number of hydrogen-bond donors (Lipinski definition) is 1. The average Bonchev–Trinajstić information content (AvgIpc) is 2.18. The van der Waals surface area contributed by atoms with Crippen molar-refractivity contribution in [3.8, 4) is 0 Å². The van der Waals surface area contributed by atoms with Crippen LogP contribution in [0.5, 0.6) is 0 Å². The standard InChI is InChI=1S/C12H17N/c1-4-10(2)12(3,13)11-8-6-5-7-9-11/h4-10H,1,13H2,2-3H3/t10?,12-/m0/s1. The van der Waals surface area contributed by atoms with Crippen LogP contribution in [0.15, 0.2) is 43.0 Å². The van der Waals surface area contributed by atoms with Gasteiger partial charge >= 0.3 is 0 Å². The zero-order chi connectivity index (χ0) is 9.90. The fourth-order valence-electron chi connectivity index (χ4n) is 1.30. The normalized spacial score (nSPS) is 17.5. The monoisotopic (exact) mass is 175 g/mol. The summed E-state index contributed by atoms with van der Waals surface area (Å²) in [7, 11) is 0. The largest absolute Gasteiger partial charge is 0.321 e. The fraction of sp³-hybridized carbons (Fsp3) is 0.333. The van der Waals surface area contributed by atoms with E-state index in [1.54, 1.807) is 0 Å². The third-order valence-corrected chi connectivity index (χ3v) is 2.70. The SMILES string of the molecule is C=CC(C)[C@](C)(N)c1ccccc1. The Morgan fingerprint density at radius 2 is 1.92 bits per heavy atom. The Kier molecular flexibility index (Phi) is 2.89. The molecule has 0 bridgehead atoms. The molecule has 0 fully saturated rings. The molecule has 0 radical (unpaired) electrons. The van der Waals surface area contributed by atoms with Gasteiger partial charge in [-0.1, -0.05) is 43.3 Å². The summed E-state index contributed by atoms with van der Waals surface area (Å²) in [6.07, 6.45) is 1.90. The zero-order valence-corrected chi connectivity index (χ0v) is 8.33. The highest BCUT2D eigenvalue weighted by atomic mass is 14.7. The van der Waals surface area contributed by atoms with Gasteiger partial charge in [0.15, 0.2) is 0 Å². The van der Waals surface area contributed by atoms with Crippen molar-refractivity contribution in [2.45, 2.75) is 19.4 Å². The first-order valence-corrected chi connectivity index (χ1v) is 4.56. The molecular weight excluding hydrogens is 158 g/mol. The summed E-state index contributed by atoms with van der Waals surface area (Å²) in [6, 6.07) is 10.1. The van der Waals surface area contributed by atoms with Crippen molar-refractivity contribution in [3.05, 3.63) is 48.6 Å². The molecule has 0 aliphatic heterocycles. The van der Waals surface area contributed by atoms with Gasteiger partial charge in [0, 0.05) is 5.54 Å². The lowest BCUT2D eigenvalue weighted by molar-refractivity contribution is 0.386. The van der Waals surface area contributed by atoms with Gasteiger partial charge < -0.3 is 5.73 Å². The van der Waals surface area contributed by atoms with Crippen molar-refractivity contribution in [1.29, 1.82) is 0 Å². The lowest BCUT2D eigenvalue weighted by Crippen LogP contribution is -2.38. The molecule has 1 aromatic rings. The maximum absolute atomic E-state index is 6.22. The van der Waals surface area contributed by atoms with Crippen LogP contribution in [0.1, 0.15) is 19.4 Å². The molecule has 1 heteroatoms. The molecule has 1 nitrogen and oxygen atoms in total. The molecule has 0 saturated carbocycles. The molecule has 0 aliphatic rings. The Labute approximate surface area is 80.3 Å². The number of benzene rings is 1. The second kappa shape index (κ2) is 3.75. The Bertz CT molecular complexity index is 274. The molecule has 0 spiro atoms. The molecule has 13 heavy (non-hydrogen) atoms. The van der Waals surface area contributed by atoms with Gasteiger partial charge in [-0.3, -0.25) is 0 Å². The summed E-state index contributed by atoms with van der Waals surface area (Å²) >= 11 is 0. The predicted octanol–water partition coefficient (Wildman–Crippen LogP) is 2.68. The lowest BCUT2D eigenvalue weighted by Gasteiger charge is -2.30. The minimum atomic E-state index is -0.316. The first-order chi connectivity index (χ1) is 6.09. The number of nitrogens with two attached hydrogens (primary N) is 1. The molecule has 0 aliphatic carbocycles. The van der Waals surface area contributed by atoms with E-state index in [0.717, 1.165) is 5.56 Å². The topological polar surface area (TPSA) is 26.0 Å². The molecular formula is C12H17N. The molecule has 70 valence electrons. The second-order valence-corrected chi connectivity index (χ2v) is 3.67. The summed E-state index contributed by atoms with van der Waals surface area (Å²) in [6.45, 7) is 7.89. The van der Waals surface area contributed by atoms with E-state index in [2.05, 4.69) is 25.6 Å². The van der Waals surface area contributed by atoms with Crippen molar-refractivity contribution < 1.29 is 0 Å². The van der Waals surface area contributed by atoms with Crippen LogP contribution in [0.4, 0.5) is 0 Å². The van der Waals surface area contributed by atoms with Crippen LogP contribution in [0, 0.1) is 5.92 Å². The third kappa shape index (κ3) is 1.99. The van der Waals surface area contributed by atoms with E-state index in [9.17, 15) is 0 Å². The van der Waals surface area contributed by atoms with Gasteiger partial charge in [-0.15, -0.1) is 6.58 Å². The molecule has 1 rings (SSSR count). The van der Waals surface area contributed by atoms with Gasteiger partial charge in [0.25, 0.3) is 0 Å². The van der Waals surface area contributed by atoms with Gasteiger partial charge in [-0.2, -0.15) is 0 Å². The Morgan fingerprint density at radius 1 is 1.38 bits per heavy atom. The fourth-order valence-corrected chi connectivity index (χ4v) is 1.30. The van der Waals surface area contributed by atoms with Crippen LogP contribution in [0.3, 0.4) is 0 Å². The minimum Gasteiger partial charge on any atom is -0.321 e. The zero-order valence-electron chi connectivity index (χ0n) is 8.33. The van der Waals surface area contributed by atoms with E-state index in [0.29, 0.717) is 0 Å². The van der Waals surface area contributed by atoms with E-state index >= 15 is 0 Å². The third-order valence-electron chi connectivity index (χ3n) is 2.70. The van der Waals surface area contributed by atoms with Gasteiger partial charge in [0.2, 0.25) is 0 Å². The van der Waals surface area contributed by atoms with Crippen molar-refractivity contribution in [2.75, 3.05) is 0 Å². The smallest absolute Gasteiger partial charge is 0.0441 e. The predicted molar refractivity (Wildman–Crippen MR) is 57.3 cm³/mol. The molecule has 2 atom stereocenters. The van der Waals surface area contributed by atoms with Crippen LogP contribution in [-0.4, -0.2) is 0 Å². The summed E-state index contributed by atoms with van der Waals surface area (Å²) in [5, 5.41) is 0. The van der Waals surface area contributed by atoms with Crippen LogP contribution >= 0.6 is 0 Å². The van der Waals surface area contributed by atoms with Crippen molar-refractivity contribution in [2.24, 2.45) is 11.7 Å². The highest BCUT2D eigenvalue weighted by molar-refractivity contribution is 5.24. The lowest BCUT2D eigenvalue weighted by atomic mass is 9.82. The van der Waals surface area contributed by atoms with Crippen LogP contribution in [-0.2, 0) is 5.54 Å². The van der Waals surface area contributed by atoms with E-state index in [1.807, 2.05) is 31.2 Å².